The van der Waals surface area contributed by atoms with Crippen LogP contribution >= 0.6 is 0 Å². The van der Waals surface area contributed by atoms with E-state index in [0.717, 1.165) is 35.9 Å². The van der Waals surface area contributed by atoms with Crippen molar-refractivity contribution < 1.29 is 13.8 Å². The summed E-state index contributed by atoms with van der Waals surface area (Å²) in [5.74, 6) is 1.24. The number of rotatable bonds is 5. The Bertz CT molecular complexity index is 1260. The van der Waals surface area contributed by atoms with Crippen molar-refractivity contribution in [1.82, 2.24) is 9.97 Å². The highest BCUT2D eigenvalue weighted by Crippen LogP contribution is 2.45. The van der Waals surface area contributed by atoms with Crippen LogP contribution in [0.3, 0.4) is 0 Å². The van der Waals surface area contributed by atoms with Gasteiger partial charge in [0.15, 0.2) is 0 Å². The second kappa shape index (κ2) is 8.23. The minimum Gasteiger partial charge on any atom is -0.292 e. The summed E-state index contributed by atoms with van der Waals surface area (Å²) in [4.78, 5) is 21.3. The molecule has 4 atom stereocenters. The van der Waals surface area contributed by atoms with Crippen LogP contribution in [0.2, 0.25) is 0 Å². The van der Waals surface area contributed by atoms with Crippen molar-refractivity contribution in [3.05, 3.63) is 71.4 Å². The molecule has 6 heteroatoms. The molecule has 0 spiro atoms. The molecular weight excluding hydrogens is 403 g/mol. The summed E-state index contributed by atoms with van der Waals surface area (Å²) in [6.45, 7) is 2.84. The molecule has 0 saturated heterocycles. The van der Waals surface area contributed by atoms with Crippen molar-refractivity contribution in [3.8, 4) is 6.07 Å². The Labute approximate surface area is 186 Å². The molecule has 3 aromatic rings. The van der Waals surface area contributed by atoms with Gasteiger partial charge in [-0.15, -0.1) is 0 Å². The van der Waals surface area contributed by atoms with Crippen LogP contribution in [-0.2, 0) is 11.2 Å². The molecular formula is C26H24FN4O+. The maximum Gasteiger partial charge on any atom is 0.207 e. The van der Waals surface area contributed by atoms with Crippen LogP contribution in [-0.4, -0.2) is 39.1 Å². The van der Waals surface area contributed by atoms with Crippen LogP contribution in [0.5, 0.6) is 0 Å². The number of halogens is 1. The zero-order chi connectivity index (χ0) is 22.2. The van der Waals surface area contributed by atoms with Gasteiger partial charge in [-0.3, -0.25) is 9.78 Å². The van der Waals surface area contributed by atoms with Crippen LogP contribution in [0.4, 0.5) is 4.39 Å². The van der Waals surface area contributed by atoms with E-state index in [0.29, 0.717) is 29.9 Å². The van der Waals surface area contributed by atoms with Gasteiger partial charge in [-0.2, -0.15) is 5.26 Å². The average Bonchev–Trinajstić information content (AvgIpc) is 3.38. The van der Waals surface area contributed by atoms with Crippen molar-refractivity contribution in [3.63, 3.8) is 0 Å². The minimum atomic E-state index is -0.229. The first-order valence-corrected chi connectivity index (χ1v) is 11.0. The zero-order valence-corrected chi connectivity index (χ0v) is 17.9. The lowest BCUT2D eigenvalue weighted by molar-refractivity contribution is -0.542. The fraction of sp³-hybridized carbons (Fsp3) is 0.346. The molecule has 1 aliphatic heterocycles. The van der Waals surface area contributed by atoms with Crippen molar-refractivity contribution in [2.24, 2.45) is 11.8 Å². The second-order valence-corrected chi connectivity index (χ2v) is 8.98. The van der Waals surface area contributed by atoms with Crippen molar-refractivity contribution in [2.75, 3.05) is 6.54 Å². The number of nitriles is 1. The van der Waals surface area contributed by atoms with E-state index in [9.17, 15) is 9.18 Å². The fourth-order valence-corrected chi connectivity index (χ4v) is 5.29. The maximum absolute atomic E-state index is 13.9. The SMILES string of the molecule is CC(C(=O)Cc1ccc(C#N)nc1)[N+]1=C[C@H]2C[C@@H](c3ccnc4ccc(F)cc34)C[C@H]2C1. The molecule has 2 aromatic heterocycles. The van der Waals surface area contributed by atoms with E-state index >= 15 is 0 Å². The van der Waals surface area contributed by atoms with Gasteiger partial charge in [0.05, 0.1) is 5.52 Å². The molecule has 5 nitrogen and oxygen atoms in total. The molecule has 5 rings (SSSR count). The van der Waals surface area contributed by atoms with E-state index < -0.39 is 0 Å². The monoisotopic (exact) mass is 427 g/mol. The number of benzene rings is 1. The Morgan fingerprint density at radius 2 is 2.12 bits per heavy atom. The first-order chi connectivity index (χ1) is 15.5. The van der Waals surface area contributed by atoms with E-state index in [-0.39, 0.29) is 17.6 Å². The fourth-order valence-electron chi connectivity index (χ4n) is 5.29. The van der Waals surface area contributed by atoms with Gasteiger partial charge in [-0.1, -0.05) is 6.07 Å². The Kier molecular flexibility index (Phi) is 5.26. The van der Waals surface area contributed by atoms with Gasteiger partial charge < -0.3 is 0 Å². The topological polar surface area (TPSA) is 69.7 Å². The molecule has 0 bridgehead atoms. The number of carbonyl (C=O) groups excluding carboxylic acids is 1. The Hall–Kier alpha value is -3.46. The van der Waals surface area contributed by atoms with E-state index in [2.05, 4.69) is 20.8 Å². The van der Waals surface area contributed by atoms with Crippen LogP contribution in [0, 0.1) is 29.0 Å². The van der Waals surface area contributed by atoms with Gasteiger partial charge in [0, 0.05) is 43.0 Å². The van der Waals surface area contributed by atoms with Crippen LogP contribution in [0.1, 0.15) is 42.5 Å². The molecule has 0 radical (unpaired) electrons. The highest BCUT2D eigenvalue weighted by Gasteiger charge is 2.44. The number of Topliss-reactive ketones (excluding diaryl/α,β-unsaturated/α-hetero) is 1. The lowest BCUT2D eigenvalue weighted by Gasteiger charge is -2.15. The Morgan fingerprint density at radius 1 is 1.25 bits per heavy atom. The third-order valence-electron chi connectivity index (χ3n) is 7.04. The molecule has 0 amide bonds. The van der Waals surface area contributed by atoms with Gasteiger partial charge in [0.2, 0.25) is 11.8 Å². The number of pyridine rings is 2. The molecule has 3 heterocycles. The molecule has 32 heavy (non-hydrogen) atoms. The lowest BCUT2D eigenvalue weighted by atomic mass is 9.93. The summed E-state index contributed by atoms with van der Waals surface area (Å²) in [5.41, 5.74) is 3.20. The van der Waals surface area contributed by atoms with E-state index in [1.165, 1.54) is 11.6 Å². The van der Waals surface area contributed by atoms with E-state index in [1.54, 1.807) is 30.5 Å². The summed E-state index contributed by atoms with van der Waals surface area (Å²) >= 11 is 0. The molecule has 2 aliphatic rings. The third kappa shape index (κ3) is 3.80. The largest absolute Gasteiger partial charge is 0.292 e. The van der Waals surface area contributed by atoms with Crippen LogP contribution in [0.25, 0.3) is 10.9 Å². The molecule has 1 fully saturated rings. The highest BCUT2D eigenvalue weighted by atomic mass is 19.1. The number of fused-ring (bicyclic) bond motifs is 2. The number of aromatic nitrogens is 2. The molecule has 1 unspecified atom stereocenters. The van der Waals surface area contributed by atoms with Crippen LogP contribution in [0.15, 0.2) is 48.8 Å². The standard InChI is InChI=1S/C26H24FN4O/c1-16(26(32)8-17-2-4-22(12-28)30-13-17)31-14-19-9-18(10-20(19)15-31)23-6-7-29-25-5-3-21(27)11-24(23)25/h2-7,11,13-14,16,18-20H,8-10,15H2,1H3/q+1/t16?,18-,19-,20+/m1/s1. The minimum absolute atomic E-state index is 0.153. The Balaban J connectivity index is 1.28. The number of nitrogens with zero attached hydrogens (tertiary/aromatic N) is 4. The van der Waals surface area contributed by atoms with Gasteiger partial charge in [0.1, 0.15) is 30.3 Å². The van der Waals surface area contributed by atoms with Crippen molar-refractivity contribution >= 4 is 22.9 Å². The molecule has 0 N–H and O–H groups in total. The lowest BCUT2D eigenvalue weighted by Crippen LogP contribution is -2.33. The third-order valence-corrected chi connectivity index (χ3v) is 7.04. The normalized spacial score (nSPS) is 22.9. The first kappa shape index (κ1) is 20.4. The predicted octanol–water partition coefficient (Wildman–Crippen LogP) is 4.05. The molecule has 1 aromatic carbocycles. The first-order valence-electron chi connectivity index (χ1n) is 11.0. The van der Waals surface area contributed by atoms with Gasteiger partial charge in [0.25, 0.3) is 0 Å². The molecule has 160 valence electrons. The molecule has 1 saturated carbocycles. The van der Waals surface area contributed by atoms with Crippen molar-refractivity contribution in [2.45, 2.75) is 38.1 Å². The van der Waals surface area contributed by atoms with E-state index in [4.69, 9.17) is 5.26 Å². The summed E-state index contributed by atoms with van der Waals surface area (Å²) in [7, 11) is 0. The number of carbonyl (C=O) groups is 1. The smallest absolute Gasteiger partial charge is 0.207 e. The van der Waals surface area contributed by atoms with Crippen molar-refractivity contribution in [1.29, 1.82) is 5.26 Å². The highest BCUT2D eigenvalue weighted by molar-refractivity contribution is 5.85. The quantitative estimate of drug-likeness (QED) is 0.576. The second-order valence-electron chi connectivity index (χ2n) is 8.98. The summed E-state index contributed by atoms with van der Waals surface area (Å²) in [6.07, 6.45) is 8.03. The predicted molar refractivity (Wildman–Crippen MR) is 119 cm³/mol. The summed E-state index contributed by atoms with van der Waals surface area (Å²) < 4.78 is 16.0. The van der Waals surface area contributed by atoms with Crippen LogP contribution < -0.4 is 0 Å². The Morgan fingerprint density at radius 3 is 2.88 bits per heavy atom. The molecule has 1 aliphatic carbocycles. The van der Waals surface area contributed by atoms with Gasteiger partial charge in [-0.25, -0.2) is 13.9 Å². The summed E-state index contributed by atoms with van der Waals surface area (Å²) in [6, 6.07) is 12.1. The maximum atomic E-state index is 13.9. The van der Waals surface area contributed by atoms with E-state index in [1.807, 2.05) is 25.3 Å². The number of hydrogen-bond acceptors (Lipinski definition) is 4. The zero-order valence-electron chi connectivity index (χ0n) is 17.9. The van der Waals surface area contributed by atoms with Gasteiger partial charge in [-0.05, 0) is 60.2 Å². The number of ketones is 1. The number of hydrogen-bond donors (Lipinski definition) is 0. The van der Waals surface area contributed by atoms with Gasteiger partial charge >= 0.3 is 0 Å². The summed E-state index contributed by atoms with van der Waals surface area (Å²) in [5, 5.41) is 9.78. The average molecular weight is 428 g/mol.